The summed E-state index contributed by atoms with van der Waals surface area (Å²) in [5.41, 5.74) is 7.31. The van der Waals surface area contributed by atoms with Crippen LogP contribution in [0.3, 0.4) is 0 Å². The van der Waals surface area contributed by atoms with Gasteiger partial charge in [0.1, 0.15) is 11.5 Å². The van der Waals surface area contributed by atoms with Crippen LogP contribution < -0.4 is 20.6 Å². The Morgan fingerprint density at radius 1 is 1.33 bits per heavy atom. The van der Waals surface area contributed by atoms with Crippen molar-refractivity contribution in [3.8, 4) is 11.5 Å². The van der Waals surface area contributed by atoms with Crippen molar-refractivity contribution in [1.82, 2.24) is 5.43 Å². The summed E-state index contributed by atoms with van der Waals surface area (Å²) in [5.74, 6) is -0.941. The Morgan fingerprint density at radius 2 is 2.06 bits per heavy atom. The highest BCUT2D eigenvalue weighted by atomic mass is 16.5. The monoisotopic (exact) mass is 251 g/mol. The van der Waals surface area contributed by atoms with Crippen LogP contribution in [0.2, 0.25) is 0 Å². The number of nitrogens with zero attached hydrogens (tertiary/aromatic N) is 1. The number of ether oxygens (including phenoxy) is 2. The zero-order valence-corrected chi connectivity index (χ0v) is 9.97. The molecule has 0 unspecified atom stereocenters. The van der Waals surface area contributed by atoms with E-state index in [1.165, 1.54) is 20.4 Å². The number of carbonyl (C=O) groups is 2. The molecule has 1 rings (SSSR count). The molecule has 0 atom stereocenters. The second kappa shape index (κ2) is 6.24. The van der Waals surface area contributed by atoms with Gasteiger partial charge in [0.05, 0.1) is 20.4 Å². The Kier molecular flexibility index (Phi) is 4.67. The van der Waals surface area contributed by atoms with Crippen molar-refractivity contribution in [2.75, 3.05) is 14.2 Å². The number of methoxy groups -OCH3 is 2. The Hall–Kier alpha value is -2.57. The minimum Gasteiger partial charge on any atom is -0.497 e. The van der Waals surface area contributed by atoms with E-state index in [0.29, 0.717) is 17.1 Å². The van der Waals surface area contributed by atoms with Crippen LogP contribution in [0.15, 0.2) is 23.3 Å². The number of nitrogens with one attached hydrogen (secondary N) is 1. The van der Waals surface area contributed by atoms with Gasteiger partial charge >= 0.3 is 11.8 Å². The van der Waals surface area contributed by atoms with Crippen LogP contribution in [0.5, 0.6) is 11.5 Å². The van der Waals surface area contributed by atoms with Crippen LogP contribution in [0, 0.1) is 0 Å². The molecule has 7 nitrogen and oxygen atoms in total. The van der Waals surface area contributed by atoms with Gasteiger partial charge in [-0.25, -0.2) is 5.43 Å². The first kappa shape index (κ1) is 13.5. The lowest BCUT2D eigenvalue weighted by atomic mass is 10.2. The molecule has 0 fully saturated rings. The summed E-state index contributed by atoms with van der Waals surface area (Å²) in [5, 5.41) is 3.59. The fourth-order valence-corrected chi connectivity index (χ4v) is 1.16. The number of carbonyl (C=O) groups excluding carboxylic acids is 2. The highest BCUT2D eigenvalue weighted by molar-refractivity contribution is 6.34. The molecule has 0 heterocycles. The van der Waals surface area contributed by atoms with E-state index >= 15 is 0 Å². The van der Waals surface area contributed by atoms with E-state index in [9.17, 15) is 9.59 Å². The molecule has 7 heteroatoms. The zero-order chi connectivity index (χ0) is 13.5. The lowest BCUT2D eigenvalue weighted by Gasteiger charge is -2.06. The number of hydrogen-bond donors (Lipinski definition) is 2. The van der Waals surface area contributed by atoms with E-state index < -0.39 is 11.8 Å². The molecule has 3 N–H and O–H groups in total. The third-order valence-corrected chi connectivity index (χ3v) is 2.03. The Morgan fingerprint density at radius 3 is 2.61 bits per heavy atom. The number of hydrazone groups is 1. The topological polar surface area (TPSA) is 103 Å². The summed E-state index contributed by atoms with van der Waals surface area (Å²) >= 11 is 0. The Labute approximate surface area is 104 Å². The molecular weight excluding hydrogens is 238 g/mol. The highest BCUT2D eigenvalue weighted by Gasteiger charge is 2.06. The molecule has 2 amide bonds. The maximum absolute atomic E-state index is 10.9. The molecule has 0 aliphatic rings. The summed E-state index contributed by atoms with van der Waals surface area (Å²) in [6, 6.07) is 5.08. The van der Waals surface area contributed by atoms with Crippen molar-refractivity contribution in [3.63, 3.8) is 0 Å². The van der Waals surface area contributed by atoms with Gasteiger partial charge in [-0.2, -0.15) is 5.10 Å². The van der Waals surface area contributed by atoms with E-state index in [2.05, 4.69) is 5.10 Å². The van der Waals surface area contributed by atoms with Gasteiger partial charge in [0.15, 0.2) is 0 Å². The summed E-state index contributed by atoms with van der Waals surface area (Å²) in [7, 11) is 3.03. The second-order valence-electron chi connectivity index (χ2n) is 3.17. The Balaban J connectivity index is 2.84. The van der Waals surface area contributed by atoms with Crippen LogP contribution in [-0.2, 0) is 9.59 Å². The molecule has 0 saturated heterocycles. The molecular formula is C11H13N3O4. The lowest BCUT2D eigenvalue weighted by Crippen LogP contribution is -2.32. The molecule has 0 aliphatic heterocycles. The van der Waals surface area contributed by atoms with Crippen LogP contribution in [0.4, 0.5) is 0 Å². The maximum Gasteiger partial charge on any atom is 0.329 e. The van der Waals surface area contributed by atoms with Gasteiger partial charge in [0, 0.05) is 5.56 Å². The number of amides is 2. The van der Waals surface area contributed by atoms with Gasteiger partial charge in [-0.3, -0.25) is 9.59 Å². The number of hydrogen-bond acceptors (Lipinski definition) is 5. The van der Waals surface area contributed by atoms with Crippen molar-refractivity contribution in [2.45, 2.75) is 0 Å². The number of benzene rings is 1. The normalized spacial score (nSPS) is 10.1. The second-order valence-corrected chi connectivity index (χ2v) is 3.17. The molecule has 0 spiro atoms. The first-order valence-corrected chi connectivity index (χ1v) is 4.93. The molecule has 0 saturated carbocycles. The quantitative estimate of drug-likeness (QED) is 0.433. The smallest absolute Gasteiger partial charge is 0.329 e. The largest absolute Gasteiger partial charge is 0.497 e. The van der Waals surface area contributed by atoms with Gasteiger partial charge in [-0.1, -0.05) is 0 Å². The van der Waals surface area contributed by atoms with Crippen LogP contribution in [0.1, 0.15) is 5.56 Å². The maximum atomic E-state index is 10.9. The molecule has 0 bridgehead atoms. The van der Waals surface area contributed by atoms with Crippen molar-refractivity contribution in [2.24, 2.45) is 10.8 Å². The minimum atomic E-state index is -1.11. The number of rotatable bonds is 4. The fourth-order valence-electron chi connectivity index (χ4n) is 1.16. The number of nitrogens with two attached hydrogens (primary N) is 1. The molecule has 1 aromatic carbocycles. The van der Waals surface area contributed by atoms with Crippen molar-refractivity contribution in [1.29, 1.82) is 0 Å². The zero-order valence-electron chi connectivity index (χ0n) is 9.97. The van der Waals surface area contributed by atoms with E-state index in [1.54, 1.807) is 18.2 Å². The first-order chi connectivity index (χ1) is 8.58. The third-order valence-electron chi connectivity index (χ3n) is 2.03. The van der Waals surface area contributed by atoms with Gasteiger partial charge in [-0.05, 0) is 18.2 Å². The summed E-state index contributed by atoms with van der Waals surface area (Å²) in [6.45, 7) is 0. The van der Waals surface area contributed by atoms with E-state index in [-0.39, 0.29) is 0 Å². The molecule has 1 aromatic rings. The van der Waals surface area contributed by atoms with Gasteiger partial charge in [-0.15, -0.1) is 0 Å². The van der Waals surface area contributed by atoms with E-state index in [1.807, 2.05) is 5.43 Å². The average Bonchev–Trinajstić information content (AvgIpc) is 2.38. The SMILES string of the molecule is COc1ccc(OC)c(/C=N/NC(=O)C(N)=O)c1. The van der Waals surface area contributed by atoms with Gasteiger partial charge in [0.25, 0.3) is 0 Å². The molecule has 18 heavy (non-hydrogen) atoms. The highest BCUT2D eigenvalue weighted by Crippen LogP contribution is 2.22. The van der Waals surface area contributed by atoms with Crippen molar-refractivity contribution < 1.29 is 19.1 Å². The van der Waals surface area contributed by atoms with Crippen LogP contribution >= 0.6 is 0 Å². The standard InChI is InChI=1S/C11H13N3O4/c1-17-8-3-4-9(18-2)7(5-8)6-13-14-11(16)10(12)15/h3-6H,1-2H3,(H2,12,15)(H,14,16)/b13-6+. The van der Waals surface area contributed by atoms with Gasteiger partial charge < -0.3 is 15.2 Å². The third kappa shape index (κ3) is 3.48. The Bertz CT molecular complexity index is 485. The first-order valence-electron chi connectivity index (χ1n) is 4.93. The molecule has 0 radical (unpaired) electrons. The minimum absolute atomic E-state index is 0.549. The lowest BCUT2D eigenvalue weighted by molar-refractivity contribution is -0.137. The summed E-state index contributed by atoms with van der Waals surface area (Å²) < 4.78 is 10.1. The van der Waals surface area contributed by atoms with Crippen molar-refractivity contribution >= 4 is 18.0 Å². The van der Waals surface area contributed by atoms with Gasteiger partial charge in [0.2, 0.25) is 0 Å². The van der Waals surface area contributed by atoms with E-state index in [4.69, 9.17) is 15.2 Å². The van der Waals surface area contributed by atoms with Crippen molar-refractivity contribution in [3.05, 3.63) is 23.8 Å². The predicted octanol–water partition coefficient (Wildman–Crippen LogP) is -0.361. The summed E-state index contributed by atoms with van der Waals surface area (Å²) in [4.78, 5) is 21.3. The fraction of sp³-hybridized carbons (Fsp3) is 0.182. The molecule has 0 aliphatic carbocycles. The predicted molar refractivity (Wildman–Crippen MR) is 64.5 cm³/mol. The van der Waals surface area contributed by atoms with Crippen LogP contribution in [0.25, 0.3) is 0 Å². The van der Waals surface area contributed by atoms with E-state index in [0.717, 1.165) is 0 Å². The summed E-state index contributed by atoms with van der Waals surface area (Å²) in [6.07, 6.45) is 1.32. The molecule has 0 aromatic heterocycles. The molecule has 96 valence electrons. The van der Waals surface area contributed by atoms with Crippen LogP contribution in [-0.4, -0.2) is 32.2 Å². The number of primary amides is 1. The average molecular weight is 251 g/mol.